The predicted molar refractivity (Wildman–Crippen MR) is 231 cm³/mol. The summed E-state index contributed by atoms with van der Waals surface area (Å²) in [5.41, 5.74) is 10.7. The topological polar surface area (TPSA) is 12.9 Å². The zero-order chi connectivity index (χ0) is 35.6. The van der Waals surface area contributed by atoms with Crippen LogP contribution in [0.3, 0.4) is 0 Å². The Kier molecular flexibility index (Phi) is 6.93. The molecule has 54 heavy (non-hydrogen) atoms. The molecular formula is C53H33N. The van der Waals surface area contributed by atoms with Gasteiger partial charge in [0.15, 0.2) is 0 Å². The number of fused-ring (bicyclic) bond motifs is 7. The number of aromatic nitrogens is 1. The van der Waals surface area contributed by atoms with Gasteiger partial charge < -0.3 is 0 Å². The first-order chi connectivity index (χ1) is 26.8. The number of nitrogens with zero attached hydrogens (tertiary/aromatic N) is 1. The van der Waals surface area contributed by atoms with Crippen LogP contribution in [0.4, 0.5) is 0 Å². The highest BCUT2D eigenvalue weighted by atomic mass is 14.6. The van der Waals surface area contributed by atoms with Gasteiger partial charge in [0, 0.05) is 11.6 Å². The number of hydrogen-bond acceptors (Lipinski definition) is 1. The van der Waals surface area contributed by atoms with Crippen LogP contribution < -0.4 is 0 Å². The first-order valence-corrected chi connectivity index (χ1v) is 18.6. The van der Waals surface area contributed by atoms with Crippen LogP contribution in [0.15, 0.2) is 200 Å². The third kappa shape index (κ3) is 4.90. The Balaban J connectivity index is 1.18. The molecule has 0 N–H and O–H groups in total. The van der Waals surface area contributed by atoms with E-state index in [2.05, 4.69) is 188 Å². The molecule has 0 radical (unpaired) electrons. The average Bonchev–Trinajstić information content (AvgIpc) is 3.24. The molecule has 0 unspecified atom stereocenters. The fraction of sp³-hybridized carbons (Fsp3) is 0. The van der Waals surface area contributed by atoms with Crippen molar-refractivity contribution in [1.29, 1.82) is 0 Å². The summed E-state index contributed by atoms with van der Waals surface area (Å²) >= 11 is 0. The molecule has 250 valence electrons. The summed E-state index contributed by atoms with van der Waals surface area (Å²) in [5, 5.41) is 13.6. The van der Waals surface area contributed by atoms with Crippen LogP contribution in [0.1, 0.15) is 0 Å². The van der Waals surface area contributed by atoms with E-state index in [-0.39, 0.29) is 0 Å². The number of rotatable bonds is 4. The Hall–Kier alpha value is -7.09. The van der Waals surface area contributed by atoms with E-state index < -0.39 is 0 Å². The molecule has 1 aromatic heterocycles. The van der Waals surface area contributed by atoms with Gasteiger partial charge in [0.2, 0.25) is 0 Å². The van der Waals surface area contributed by atoms with Crippen molar-refractivity contribution in [3.63, 3.8) is 0 Å². The van der Waals surface area contributed by atoms with Crippen molar-refractivity contribution < 1.29 is 0 Å². The number of hydrogen-bond donors (Lipinski definition) is 0. The Morgan fingerprint density at radius 2 is 0.778 bits per heavy atom. The van der Waals surface area contributed by atoms with Gasteiger partial charge in [-0.1, -0.05) is 158 Å². The molecule has 0 spiro atoms. The molecule has 10 aromatic carbocycles. The van der Waals surface area contributed by atoms with Crippen LogP contribution in [0.2, 0.25) is 0 Å². The standard InChI is InChI=1S/C53H33N/c1-3-13-36-30-41(24-22-34(36)11-1)52-46-19-7-8-20-47(46)53(42-25-23-35-12-2-4-14-37(35)31-42)50-32-39(26-27-48(50)52)38-15-9-16-40(29-38)49-33-51-45(21-10-28-54-51)43-17-5-6-18-44(43)49/h1-33H. The summed E-state index contributed by atoms with van der Waals surface area (Å²) in [7, 11) is 0. The zero-order valence-corrected chi connectivity index (χ0v) is 29.5. The lowest BCUT2D eigenvalue weighted by atomic mass is 9.84. The van der Waals surface area contributed by atoms with E-state index in [1.807, 2.05) is 12.3 Å². The predicted octanol–water partition coefficient (Wildman–Crippen LogP) is 14.7. The lowest BCUT2D eigenvalue weighted by Crippen LogP contribution is -1.92. The first-order valence-electron chi connectivity index (χ1n) is 18.6. The van der Waals surface area contributed by atoms with Gasteiger partial charge in [0.25, 0.3) is 0 Å². The largest absolute Gasteiger partial charge is 0.256 e. The molecule has 0 atom stereocenters. The van der Waals surface area contributed by atoms with E-state index in [0.717, 1.165) is 5.52 Å². The highest BCUT2D eigenvalue weighted by Gasteiger charge is 2.19. The van der Waals surface area contributed by atoms with E-state index >= 15 is 0 Å². The van der Waals surface area contributed by atoms with E-state index in [9.17, 15) is 0 Å². The van der Waals surface area contributed by atoms with Gasteiger partial charge in [-0.15, -0.1) is 0 Å². The Morgan fingerprint density at radius 1 is 0.259 bits per heavy atom. The second kappa shape index (κ2) is 12.3. The quantitative estimate of drug-likeness (QED) is 0.133. The third-order valence-corrected chi connectivity index (χ3v) is 11.2. The molecule has 1 nitrogen and oxygen atoms in total. The highest BCUT2D eigenvalue weighted by molar-refractivity contribution is 6.22. The molecule has 11 aromatic rings. The van der Waals surface area contributed by atoms with Gasteiger partial charge in [-0.3, -0.25) is 4.98 Å². The number of benzene rings is 10. The fourth-order valence-electron chi connectivity index (χ4n) is 8.70. The van der Waals surface area contributed by atoms with Crippen molar-refractivity contribution >= 4 is 64.8 Å². The van der Waals surface area contributed by atoms with Crippen molar-refractivity contribution in [2.45, 2.75) is 0 Å². The Labute approximate surface area is 313 Å². The van der Waals surface area contributed by atoms with Crippen LogP contribution >= 0.6 is 0 Å². The van der Waals surface area contributed by atoms with E-state index in [4.69, 9.17) is 4.98 Å². The summed E-state index contributed by atoms with van der Waals surface area (Å²) in [6, 6.07) is 71.3. The normalized spacial score (nSPS) is 11.7. The van der Waals surface area contributed by atoms with Crippen LogP contribution in [0, 0.1) is 0 Å². The molecule has 0 saturated carbocycles. The maximum atomic E-state index is 4.76. The highest BCUT2D eigenvalue weighted by Crippen LogP contribution is 2.46. The van der Waals surface area contributed by atoms with Crippen LogP contribution in [-0.4, -0.2) is 4.98 Å². The van der Waals surface area contributed by atoms with Crippen molar-refractivity contribution in [3.05, 3.63) is 200 Å². The summed E-state index contributed by atoms with van der Waals surface area (Å²) in [5.74, 6) is 0. The second-order valence-corrected chi connectivity index (χ2v) is 14.3. The molecule has 0 aliphatic carbocycles. The molecule has 0 saturated heterocycles. The van der Waals surface area contributed by atoms with Gasteiger partial charge in [-0.25, -0.2) is 0 Å². The SMILES string of the molecule is c1cc(-c2ccc3c(-c4ccc5ccccc5c4)c4ccccc4c(-c4ccc5ccccc5c4)c3c2)cc(-c2cc3ncccc3c3ccccc23)c1. The van der Waals surface area contributed by atoms with Crippen LogP contribution in [0.5, 0.6) is 0 Å². The average molecular weight is 684 g/mol. The minimum absolute atomic E-state index is 1.01. The zero-order valence-electron chi connectivity index (χ0n) is 29.5. The first kappa shape index (κ1) is 30.5. The molecule has 0 amide bonds. The smallest absolute Gasteiger partial charge is 0.0714 e. The number of pyridine rings is 1. The van der Waals surface area contributed by atoms with E-state index in [1.165, 1.54) is 104 Å². The van der Waals surface area contributed by atoms with E-state index in [1.54, 1.807) is 0 Å². The summed E-state index contributed by atoms with van der Waals surface area (Å²) in [4.78, 5) is 4.76. The Morgan fingerprint density at radius 3 is 1.48 bits per heavy atom. The minimum atomic E-state index is 1.01. The van der Waals surface area contributed by atoms with Crippen molar-refractivity contribution in [3.8, 4) is 44.5 Å². The molecule has 1 heteroatoms. The van der Waals surface area contributed by atoms with Crippen LogP contribution in [-0.2, 0) is 0 Å². The maximum Gasteiger partial charge on any atom is 0.0714 e. The lowest BCUT2D eigenvalue weighted by molar-refractivity contribution is 1.42. The third-order valence-electron chi connectivity index (χ3n) is 11.2. The summed E-state index contributed by atoms with van der Waals surface area (Å²) < 4.78 is 0. The summed E-state index contributed by atoms with van der Waals surface area (Å²) in [6.45, 7) is 0. The molecule has 0 aliphatic rings. The lowest BCUT2D eigenvalue weighted by Gasteiger charge is -2.19. The molecule has 11 rings (SSSR count). The van der Waals surface area contributed by atoms with Crippen LogP contribution in [0.25, 0.3) is 109 Å². The molecular weight excluding hydrogens is 651 g/mol. The second-order valence-electron chi connectivity index (χ2n) is 14.3. The molecule has 0 fully saturated rings. The monoisotopic (exact) mass is 683 g/mol. The minimum Gasteiger partial charge on any atom is -0.256 e. The van der Waals surface area contributed by atoms with Crippen molar-refractivity contribution in [2.24, 2.45) is 0 Å². The van der Waals surface area contributed by atoms with Gasteiger partial charge >= 0.3 is 0 Å². The molecule has 0 aliphatic heterocycles. The molecule has 0 bridgehead atoms. The van der Waals surface area contributed by atoms with E-state index in [0.29, 0.717) is 0 Å². The van der Waals surface area contributed by atoms with Gasteiger partial charge in [0.05, 0.1) is 5.52 Å². The maximum absolute atomic E-state index is 4.76. The molecule has 1 heterocycles. The fourth-order valence-corrected chi connectivity index (χ4v) is 8.70. The Bertz CT molecular complexity index is 3280. The van der Waals surface area contributed by atoms with Crippen molar-refractivity contribution in [1.82, 2.24) is 4.98 Å². The van der Waals surface area contributed by atoms with Gasteiger partial charge in [-0.2, -0.15) is 0 Å². The van der Waals surface area contributed by atoms with Gasteiger partial charge in [-0.05, 0) is 135 Å². The summed E-state index contributed by atoms with van der Waals surface area (Å²) in [6.07, 6.45) is 1.88. The van der Waals surface area contributed by atoms with Crippen molar-refractivity contribution in [2.75, 3.05) is 0 Å². The van der Waals surface area contributed by atoms with Gasteiger partial charge in [0.1, 0.15) is 0 Å².